The lowest BCUT2D eigenvalue weighted by atomic mass is 10.1. The highest BCUT2D eigenvalue weighted by atomic mass is 16.5. The summed E-state index contributed by atoms with van der Waals surface area (Å²) < 4.78 is 5.20. The van der Waals surface area contributed by atoms with Gasteiger partial charge in [0.2, 0.25) is 0 Å². The molecule has 106 valence electrons. The number of rotatable bonds is 7. The molecule has 0 saturated carbocycles. The Hall–Kier alpha value is -1.62. The number of nitrogens with one attached hydrogen (secondary N) is 2. The van der Waals surface area contributed by atoms with Gasteiger partial charge in [-0.3, -0.25) is 9.78 Å². The number of methoxy groups -OCH3 is 1. The van der Waals surface area contributed by atoms with Crippen LogP contribution in [0.1, 0.15) is 31.3 Å². The van der Waals surface area contributed by atoms with Crippen molar-refractivity contribution in [2.75, 3.05) is 25.6 Å². The highest BCUT2D eigenvalue weighted by molar-refractivity contribution is 5.93. The molecule has 0 aliphatic rings. The van der Waals surface area contributed by atoms with E-state index in [1.807, 2.05) is 13.0 Å². The third kappa shape index (κ3) is 4.87. The van der Waals surface area contributed by atoms with Crippen LogP contribution in [0.25, 0.3) is 0 Å². The van der Waals surface area contributed by atoms with E-state index in [1.165, 1.54) is 0 Å². The number of ether oxygens (including phenoxy) is 1. The normalized spacial score (nSPS) is 12.3. The van der Waals surface area contributed by atoms with Crippen molar-refractivity contribution in [1.29, 1.82) is 0 Å². The topological polar surface area (TPSA) is 63.2 Å². The molecule has 0 spiro atoms. The Bertz CT molecular complexity index is 407. The third-order valence-electron chi connectivity index (χ3n) is 2.83. The number of aromatic nitrogens is 1. The summed E-state index contributed by atoms with van der Waals surface area (Å²) in [6, 6.07) is 3.82. The number of nitrogens with zero attached hydrogens (tertiary/aromatic N) is 1. The van der Waals surface area contributed by atoms with Crippen LogP contribution >= 0.6 is 0 Å². The molecule has 1 unspecified atom stereocenters. The lowest BCUT2D eigenvalue weighted by molar-refractivity contribution is 0.0951. The lowest BCUT2D eigenvalue weighted by Crippen LogP contribution is -2.30. The maximum atomic E-state index is 11.7. The molecule has 0 aliphatic carbocycles. The first-order valence-electron chi connectivity index (χ1n) is 6.58. The summed E-state index contributed by atoms with van der Waals surface area (Å²) in [6.45, 7) is 7.35. The molecule has 0 radical (unpaired) electrons. The van der Waals surface area contributed by atoms with Gasteiger partial charge in [-0.1, -0.05) is 13.8 Å². The molecule has 1 aromatic heterocycles. The number of carbonyl (C=O) groups is 1. The highest BCUT2D eigenvalue weighted by Crippen LogP contribution is 2.13. The van der Waals surface area contributed by atoms with Crippen molar-refractivity contribution in [2.24, 2.45) is 5.92 Å². The summed E-state index contributed by atoms with van der Waals surface area (Å²) in [5.74, 6) is 0.278. The van der Waals surface area contributed by atoms with E-state index in [4.69, 9.17) is 4.74 Å². The van der Waals surface area contributed by atoms with Gasteiger partial charge in [0.25, 0.3) is 5.91 Å². The molecule has 0 saturated heterocycles. The second-order valence-electron chi connectivity index (χ2n) is 4.74. The average Bonchev–Trinajstić information content (AvgIpc) is 2.39. The van der Waals surface area contributed by atoms with Crippen LogP contribution in [0.2, 0.25) is 0 Å². The molecule has 0 bridgehead atoms. The van der Waals surface area contributed by atoms with Gasteiger partial charge >= 0.3 is 0 Å². The van der Waals surface area contributed by atoms with Gasteiger partial charge in [0.15, 0.2) is 0 Å². The molecule has 19 heavy (non-hydrogen) atoms. The molecule has 1 heterocycles. The minimum Gasteiger partial charge on any atom is -0.383 e. The quantitative estimate of drug-likeness (QED) is 0.790. The van der Waals surface area contributed by atoms with E-state index in [2.05, 4.69) is 29.5 Å². The molecule has 0 fully saturated rings. The zero-order chi connectivity index (χ0) is 14.3. The van der Waals surface area contributed by atoms with Crippen molar-refractivity contribution in [3.05, 3.63) is 24.0 Å². The maximum Gasteiger partial charge on any atom is 0.269 e. The van der Waals surface area contributed by atoms with Crippen molar-refractivity contribution in [3.63, 3.8) is 0 Å². The summed E-state index contributed by atoms with van der Waals surface area (Å²) in [5, 5.41) is 6.11. The Morgan fingerprint density at radius 3 is 2.79 bits per heavy atom. The summed E-state index contributed by atoms with van der Waals surface area (Å²) in [7, 11) is 1.68. The highest BCUT2D eigenvalue weighted by Gasteiger charge is 2.14. The van der Waals surface area contributed by atoms with Gasteiger partial charge in [-0.25, -0.2) is 0 Å². The molecule has 5 heteroatoms. The van der Waals surface area contributed by atoms with Gasteiger partial charge in [0, 0.05) is 25.5 Å². The van der Waals surface area contributed by atoms with Gasteiger partial charge in [-0.05, 0) is 25.0 Å². The number of hydrogen-bond acceptors (Lipinski definition) is 4. The van der Waals surface area contributed by atoms with Crippen LogP contribution in [0.5, 0.6) is 0 Å². The Morgan fingerprint density at radius 1 is 1.47 bits per heavy atom. The Balaban J connectivity index is 2.78. The molecular formula is C14H23N3O2. The number of hydrogen-bond donors (Lipinski definition) is 2. The standard InChI is InChI=1S/C14H23N3O2/c1-5-15-14(18)12-8-11(6-7-16-12)17-13(9-19-4)10(2)3/h6-8,10,13H,5,9H2,1-4H3,(H,15,18)(H,16,17). The molecule has 1 aromatic rings. The average molecular weight is 265 g/mol. The van der Waals surface area contributed by atoms with E-state index >= 15 is 0 Å². The van der Waals surface area contributed by atoms with E-state index in [0.29, 0.717) is 24.8 Å². The van der Waals surface area contributed by atoms with E-state index in [0.717, 1.165) is 5.69 Å². The van der Waals surface area contributed by atoms with Crippen molar-refractivity contribution in [2.45, 2.75) is 26.8 Å². The van der Waals surface area contributed by atoms with Crippen LogP contribution in [0.15, 0.2) is 18.3 Å². The van der Waals surface area contributed by atoms with Crippen molar-refractivity contribution in [1.82, 2.24) is 10.3 Å². The number of pyridine rings is 1. The van der Waals surface area contributed by atoms with Crippen LogP contribution in [-0.4, -0.2) is 37.2 Å². The first-order valence-corrected chi connectivity index (χ1v) is 6.58. The molecule has 0 aromatic carbocycles. The fourth-order valence-corrected chi connectivity index (χ4v) is 1.69. The molecule has 5 nitrogen and oxygen atoms in total. The number of anilines is 1. The second kappa shape index (κ2) is 7.74. The summed E-state index contributed by atoms with van der Waals surface area (Å²) in [4.78, 5) is 15.8. The van der Waals surface area contributed by atoms with Crippen LogP contribution in [0.3, 0.4) is 0 Å². The second-order valence-corrected chi connectivity index (χ2v) is 4.74. The molecular weight excluding hydrogens is 242 g/mol. The van der Waals surface area contributed by atoms with Gasteiger partial charge in [0.05, 0.1) is 12.6 Å². The predicted octanol–water partition coefficient (Wildman–Crippen LogP) is 1.91. The fraction of sp³-hybridized carbons (Fsp3) is 0.571. The van der Waals surface area contributed by atoms with E-state index in [-0.39, 0.29) is 11.9 Å². The van der Waals surface area contributed by atoms with E-state index in [9.17, 15) is 4.79 Å². The largest absolute Gasteiger partial charge is 0.383 e. The van der Waals surface area contributed by atoms with Gasteiger partial charge in [-0.15, -0.1) is 0 Å². The first kappa shape index (κ1) is 15.4. The Labute approximate surface area is 114 Å². The lowest BCUT2D eigenvalue weighted by Gasteiger charge is -2.22. The fourth-order valence-electron chi connectivity index (χ4n) is 1.69. The minimum absolute atomic E-state index is 0.154. The zero-order valence-electron chi connectivity index (χ0n) is 12.1. The first-order chi connectivity index (χ1) is 9.08. The number of amides is 1. The third-order valence-corrected chi connectivity index (χ3v) is 2.83. The SMILES string of the molecule is CCNC(=O)c1cc(NC(COC)C(C)C)ccn1. The van der Waals surface area contributed by atoms with Gasteiger partial charge < -0.3 is 15.4 Å². The molecule has 1 amide bonds. The van der Waals surface area contributed by atoms with Crippen LogP contribution < -0.4 is 10.6 Å². The van der Waals surface area contributed by atoms with Crippen LogP contribution in [0.4, 0.5) is 5.69 Å². The predicted molar refractivity (Wildman–Crippen MR) is 76.4 cm³/mol. The van der Waals surface area contributed by atoms with Crippen LogP contribution in [0, 0.1) is 5.92 Å². The number of carbonyl (C=O) groups excluding carboxylic acids is 1. The molecule has 2 N–H and O–H groups in total. The Kier molecular flexibility index (Phi) is 6.29. The maximum absolute atomic E-state index is 11.7. The summed E-state index contributed by atoms with van der Waals surface area (Å²) in [5.41, 5.74) is 1.30. The van der Waals surface area contributed by atoms with Crippen LogP contribution in [-0.2, 0) is 4.74 Å². The monoisotopic (exact) mass is 265 g/mol. The Morgan fingerprint density at radius 2 is 2.21 bits per heavy atom. The molecule has 1 atom stereocenters. The van der Waals surface area contributed by atoms with Crippen molar-refractivity contribution >= 4 is 11.6 Å². The molecule has 1 rings (SSSR count). The van der Waals surface area contributed by atoms with E-state index < -0.39 is 0 Å². The zero-order valence-corrected chi connectivity index (χ0v) is 12.1. The van der Waals surface area contributed by atoms with Crippen molar-refractivity contribution in [3.8, 4) is 0 Å². The van der Waals surface area contributed by atoms with Gasteiger partial charge in [0.1, 0.15) is 5.69 Å². The van der Waals surface area contributed by atoms with E-state index in [1.54, 1.807) is 19.4 Å². The smallest absolute Gasteiger partial charge is 0.269 e. The van der Waals surface area contributed by atoms with Crippen molar-refractivity contribution < 1.29 is 9.53 Å². The summed E-state index contributed by atoms with van der Waals surface area (Å²) in [6.07, 6.45) is 1.64. The summed E-state index contributed by atoms with van der Waals surface area (Å²) >= 11 is 0. The molecule has 0 aliphatic heterocycles. The minimum atomic E-state index is -0.154. The van der Waals surface area contributed by atoms with Gasteiger partial charge in [-0.2, -0.15) is 0 Å².